The smallest absolute Gasteiger partial charge is 0.228 e. The van der Waals surface area contributed by atoms with Crippen molar-refractivity contribution in [3.05, 3.63) is 35.5 Å². The second-order valence-electron chi connectivity index (χ2n) is 5.92. The number of aromatic nitrogens is 2. The fourth-order valence-corrected chi connectivity index (χ4v) is 2.55. The van der Waals surface area contributed by atoms with Crippen molar-refractivity contribution >= 4 is 5.96 Å². The van der Waals surface area contributed by atoms with E-state index in [-0.39, 0.29) is 6.04 Å². The van der Waals surface area contributed by atoms with Gasteiger partial charge >= 0.3 is 0 Å². The van der Waals surface area contributed by atoms with E-state index in [1.54, 1.807) is 14.0 Å². The van der Waals surface area contributed by atoms with E-state index in [0.29, 0.717) is 43.9 Å². The number of benzene rings is 1. The molecule has 148 valence electrons. The number of aryl methyl sites for hydroxylation is 1. The summed E-state index contributed by atoms with van der Waals surface area (Å²) in [7, 11) is 1.74. The number of hydrogen-bond acceptors (Lipinski definition) is 6. The zero-order valence-electron chi connectivity index (χ0n) is 16.7. The Kier molecular flexibility index (Phi) is 7.91. The average molecular weight is 375 g/mol. The molecule has 8 heteroatoms. The van der Waals surface area contributed by atoms with E-state index in [4.69, 9.17) is 14.0 Å². The third-order valence-electron chi connectivity index (χ3n) is 3.85. The van der Waals surface area contributed by atoms with Crippen molar-refractivity contribution in [1.82, 2.24) is 20.8 Å². The molecule has 2 rings (SSSR count). The zero-order chi connectivity index (χ0) is 19.6. The van der Waals surface area contributed by atoms with Gasteiger partial charge in [0.2, 0.25) is 5.89 Å². The Morgan fingerprint density at radius 1 is 1.22 bits per heavy atom. The number of rotatable bonds is 9. The SMILES string of the molecule is CCOc1ccc(C(C)NC(=NC)NCCc2nc(C)no2)cc1OCC. The maximum Gasteiger partial charge on any atom is 0.228 e. The van der Waals surface area contributed by atoms with E-state index < -0.39 is 0 Å². The van der Waals surface area contributed by atoms with Crippen molar-refractivity contribution in [2.75, 3.05) is 26.8 Å². The van der Waals surface area contributed by atoms with Crippen LogP contribution >= 0.6 is 0 Å². The Bertz CT molecular complexity index is 745. The van der Waals surface area contributed by atoms with Crippen molar-refractivity contribution in [2.45, 2.75) is 40.2 Å². The first-order valence-electron chi connectivity index (χ1n) is 9.23. The molecule has 0 bridgehead atoms. The van der Waals surface area contributed by atoms with Gasteiger partial charge in [0, 0.05) is 20.0 Å². The van der Waals surface area contributed by atoms with Gasteiger partial charge in [-0.25, -0.2) is 0 Å². The molecule has 1 aromatic heterocycles. The van der Waals surface area contributed by atoms with Gasteiger partial charge < -0.3 is 24.6 Å². The number of ether oxygens (including phenoxy) is 2. The first-order valence-corrected chi connectivity index (χ1v) is 9.23. The van der Waals surface area contributed by atoms with Crippen LogP contribution in [0.15, 0.2) is 27.7 Å². The number of nitrogens with zero attached hydrogens (tertiary/aromatic N) is 3. The average Bonchev–Trinajstić information content (AvgIpc) is 3.07. The van der Waals surface area contributed by atoms with Crippen LogP contribution in [0.4, 0.5) is 0 Å². The van der Waals surface area contributed by atoms with Crippen LogP contribution < -0.4 is 20.1 Å². The molecular weight excluding hydrogens is 346 g/mol. The van der Waals surface area contributed by atoms with Crippen LogP contribution in [0.3, 0.4) is 0 Å². The molecule has 0 aliphatic heterocycles. The first kappa shape index (κ1) is 20.5. The molecule has 0 saturated carbocycles. The molecule has 0 saturated heterocycles. The number of nitrogens with one attached hydrogen (secondary N) is 2. The molecule has 1 heterocycles. The van der Waals surface area contributed by atoms with Crippen LogP contribution in [0.2, 0.25) is 0 Å². The van der Waals surface area contributed by atoms with Gasteiger partial charge in [-0.1, -0.05) is 11.2 Å². The van der Waals surface area contributed by atoms with Crippen molar-refractivity contribution in [1.29, 1.82) is 0 Å². The second-order valence-corrected chi connectivity index (χ2v) is 5.92. The van der Waals surface area contributed by atoms with E-state index in [0.717, 1.165) is 17.1 Å². The van der Waals surface area contributed by atoms with E-state index in [9.17, 15) is 0 Å². The van der Waals surface area contributed by atoms with Crippen molar-refractivity contribution in [3.63, 3.8) is 0 Å². The fraction of sp³-hybridized carbons (Fsp3) is 0.526. The lowest BCUT2D eigenvalue weighted by molar-refractivity contribution is 0.287. The van der Waals surface area contributed by atoms with Crippen molar-refractivity contribution < 1.29 is 14.0 Å². The predicted molar refractivity (Wildman–Crippen MR) is 104 cm³/mol. The molecule has 0 aliphatic rings. The van der Waals surface area contributed by atoms with E-state index >= 15 is 0 Å². The third-order valence-corrected chi connectivity index (χ3v) is 3.85. The van der Waals surface area contributed by atoms with Gasteiger partial charge in [0.1, 0.15) is 0 Å². The molecule has 0 fully saturated rings. The lowest BCUT2D eigenvalue weighted by atomic mass is 10.1. The molecule has 2 N–H and O–H groups in total. The van der Waals surface area contributed by atoms with Gasteiger partial charge in [-0.15, -0.1) is 0 Å². The minimum Gasteiger partial charge on any atom is -0.490 e. The second kappa shape index (κ2) is 10.4. The quantitative estimate of drug-likeness (QED) is 0.514. The summed E-state index contributed by atoms with van der Waals surface area (Å²) in [4.78, 5) is 8.46. The summed E-state index contributed by atoms with van der Waals surface area (Å²) < 4.78 is 16.4. The van der Waals surface area contributed by atoms with Gasteiger partial charge in [0.15, 0.2) is 23.3 Å². The number of hydrogen-bond donors (Lipinski definition) is 2. The highest BCUT2D eigenvalue weighted by Crippen LogP contribution is 2.30. The molecule has 1 aromatic carbocycles. The van der Waals surface area contributed by atoms with Gasteiger partial charge in [-0.2, -0.15) is 4.98 Å². The largest absolute Gasteiger partial charge is 0.490 e. The van der Waals surface area contributed by atoms with E-state index in [2.05, 4.69) is 32.7 Å². The molecule has 0 aliphatic carbocycles. The van der Waals surface area contributed by atoms with Gasteiger partial charge in [0.05, 0.1) is 19.3 Å². The molecular formula is C19H29N5O3. The Morgan fingerprint density at radius 2 is 1.96 bits per heavy atom. The number of aliphatic imine (C=N–C) groups is 1. The van der Waals surface area contributed by atoms with Crippen molar-refractivity contribution in [2.24, 2.45) is 4.99 Å². The maximum absolute atomic E-state index is 5.71. The Morgan fingerprint density at radius 3 is 2.59 bits per heavy atom. The molecule has 8 nitrogen and oxygen atoms in total. The highest BCUT2D eigenvalue weighted by Gasteiger charge is 2.12. The van der Waals surface area contributed by atoms with Crippen LogP contribution in [0.5, 0.6) is 11.5 Å². The highest BCUT2D eigenvalue weighted by molar-refractivity contribution is 5.80. The number of guanidine groups is 1. The normalized spacial score (nSPS) is 12.6. The Balaban J connectivity index is 1.94. The topological polar surface area (TPSA) is 93.8 Å². The summed E-state index contributed by atoms with van der Waals surface area (Å²) in [5, 5.41) is 10.4. The Labute approximate surface area is 160 Å². The van der Waals surface area contributed by atoms with Crippen LogP contribution in [-0.2, 0) is 6.42 Å². The summed E-state index contributed by atoms with van der Waals surface area (Å²) in [5.74, 6) is 3.46. The Hall–Kier alpha value is -2.77. The fourth-order valence-electron chi connectivity index (χ4n) is 2.55. The van der Waals surface area contributed by atoms with E-state index in [1.165, 1.54) is 0 Å². The summed E-state index contributed by atoms with van der Waals surface area (Å²) in [6, 6.07) is 6.01. The monoisotopic (exact) mass is 375 g/mol. The van der Waals surface area contributed by atoms with Crippen LogP contribution in [0.1, 0.15) is 44.1 Å². The predicted octanol–water partition coefficient (Wildman–Crippen LogP) is 2.64. The van der Waals surface area contributed by atoms with Gasteiger partial charge in [0.25, 0.3) is 0 Å². The van der Waals surface area contributed by atoms with Crippen LogP contribution in [0, 0.1) is 6.92 Å². The molecule has 0 spiro atoms. The van der Waals surface area contributed by atoms with Crippen molar-refractivity contribution in [3.8, 4) is 11.5 Å². The lowest BCUT2D eigenvalue weighted by Crippen LogP contribution is -2.39. The summed E-state index contributed by atoms with van der Waals surface area (Å²) in [6.45, 7) is 9.62. The summed E-state index contributed by atoms with van der Waals surface area (Å²) >= 11 is 0. The van der Waals surface area contributed by atoms with Gasteiger partial charge in [-0.3, -0.25) is 4.99 Å². The van der Waals surface area contributed by atoms with Gasteiger partial charge in [-0.05, 0) is 45.4 Å². The highest BCUT2D eigenvalue weighted by atomic mass is 16.5. The molecule has 1 unspecified atom stereocenters. The molecule has 0 radical (unpaired) electrons. The lowest BCUT2D eigenvalue weighted by Gasteiger charge is -2.20. The standard InChI is InChI=1S/C19H29N5O3/c1-6-25-16-9-8-15(12-17(16)26-7-2)13(3)22-19(20-5)21-11-10-18-23-14(4)24-27-18/h8-9,12-13H,6-7,10-11H2,1-5H3,(H2,20,21,22). The minimum absolute atomic E-state index is 0.0386. The third kappa shape index (κ3) is 6.16. The maximum atomic E-state index is 5.71. The minimum atomic E-state index is 0.0386. The zero-order valence-corrected chi connectivity index (χ0v) is 16.7. The molecule has 0 amide bonds. The molecule has 27 heavy (non-hydrogen) atoms. The summed E-state index contributed by atoms with van der Waals surface area (Å²) in [5.41, 5.74) is 1.08. The summed E-state index contributed by atoms with van der Waals surface area (Å²) in [6.07, 6.45) is 0.632. The van der Waals surface area contributed by atoms with Crippen LogP contribution in [0.25, 0.3) is 0 Å². The first-order chi connectivity index (χ1) is 13.1. The molecule has 1 atom stereocenters. The molecule has 2 aromatic rings. The van der Waals surface area contributed by atoms with Crippen LogP contribution in [-0.4, -0.2) is 42.9 Å². The van der Waals surface area contributed by atoms with E-state index in [1.807, 2.05) is 32.0 Å².